The minimum Gasteiger partial charge on any atom is -0.491 e. The number of hydrogen-bond donors (Lipinski definition) is 1. The first kappa shape index (κ1) is 29.5. The van der Waals surface area contributed by atoms with Gasteiger partial charge in [-0.3, -0.25) is 0 Å². The summed E-state index contributed by atoms with van der Waals surface area (Å²) in [5, 5.41) is 16.1. The zero-order valence-electron chi connectivity index (χ0n) is 25.9. The summed E-state index contributed by atoms with van der Waals surface area (Å²) in [6, 6.07) is 16.5. The quantitative estimate of drug-likeness (QED) is 0.270. The van der Waals surface area contributed by atoms with E-state index in [9.17, 15) is 4.79 Å². The van der Waals surface area contributed by atoms with Gasteiger partial charge < -0.3 is 29.3 Å². The smallest absolute Gasteiger partial charge is 0.350 e. The van der Waals surface area contributed by atoms with Gasteiger partial charge >= 0.3 is 5.69 Å². The molecule has 2 aromatic heterocycles. The number of rotatable bonds is 11. The number of hydrogen-bond acceptors (Lipinski definition) is 10. The Morgan fingerprint density at radius 3 is 2.16 bits per heavy atom. The van der Waals surface area contributed by atoms with Crippen molar-refractivity contribution in [2.24, 2.45) is 5.92 Å². The topological polar surface area (TPSA) is 117 Å². The first-order valence-corrected chi connectivity index (χ1v) is 15.9. The highest BCUT2D eigenvalue weighted by molar-refractivity contribution is 5.54. The number of nitrogens with zero attached hydrogens (tertiary/aromatic N) is 8. The maximum Gasteiger partial charge on any atom is 0.350 e. The molecule has 0 spiro atoms. The summed E-state index contributed by atoms with van der Waals surface area (Å²) in [4.78, 5) is 19.2. The summed E-state index contributed by atoms with van der Waals surface area (Å²) >= 11 is 0. The predicted octanol–water partition coefficient (Wildman–Crippen LogP) is 2.33. The maximum absolute atomic E-state index is 12.8. The molecule has 3 aliphatic rings. The van der Waals surface area contributed by atoms with E-state index in [4.69, 9.17) is 14.2 Å². The van der Waals surface area contributed by atoms with Crippen molar-refractivity contribution < 1.29 is 14.2 Å². The number of aromatic nitrogens is 6. The third-order valence-corrected chi connectivity index (χ3v) is 9.22. The van der Waals surface area contributed by atoms with Gasteiger partial charge in [0.2, 0.25) is 0 Å². The Hall–Kier alpha value is -4.20. The minimum atomic E-state index is -0.733. The van der Waals surface area contributed by atoms with Gasteiger partial charge in [-0.25, -0.2) is 14.0 Å². The molecule has 4 aromatic rings. The second kappa shape index (κ2) is 12.7. The molecule has 238 valence electrons. The Kier molecular flexibility index (Phi) is 8.30. The second-order valence-corrected chi connectivity index (χ2v) is 12.1. The minimum absolute atomic E-state index is 0.0760. The molecule has 45 heavy (non-hydrogen) atoms. The van der Waals surface area contributed by atoms with Crippen LogP contribution in [0.4, 0.5) is 11.4 Å². The van der Waals surface area contributed by atoms with Crippen LogP contribution in [0.5, 0.6) is 5.75 Å². The third kappa shape index (κ3) is 6.07. The van der Waals surface area contributed by atoms with Crippen molar-refractivity contribution in [3.05, 3.63) is 77.7 Å². The lowest BCUT2D eigenvalue weighted by Gasteiger charge is -2.41. The summed E-state index contributed by atoms with van der Waals surface area (Å²) in [5.41, 5.74) is 3.05. The molecule has 3 atom stereocenters. The van der Waals surface area contributed by atoms with Crippen LogP contribution >= 0.6 is 0 Å². The Balaban J connectivity index is 0.897. The first-order chi connectivity index (χ1) is 22.0. The van der Waals surface area contributed by atoms with Gasteiger partial charge in [-0.05, 0) is 61.9 Å². The Labute approximate surface area is 262 Å². The van der Waals surface area contributed by atoms with Gasteiger partial charge in [0.25, 0.3) is 0 Å². The van der Waals surface area contributed by atoms with E-state index in [0.29, 0.717) is 19.8 Å². The molecule has 5 heterocycles. The number of piperazine rings is 1. The molecule has 13 nitrogen and oxygen atoms in total. The van der Waals surface area contributed by atoms with Gasteiger partial charge in [-0.1, -0.05) is 6.92 Å². The van der Waals surface area contributed by atoms with Crippen molar-refractivity contribution >= 4 is 11.4 Å². The van der Waals surface area contributed by atoms with E-state index in [2.05, 4.69) is 61.6 Å². The predicted molar refractivity (Wildman–Crippen MR) is 169 cm³/mol. The van der Waals surface area contributed by atoms with Crippen LogP contribution in [0.2, 0.25) is 0 Å². The highest BCUT2D eigenvalue weighted by Crippen LogP contribution is 2.35. The van der Waals surface area contributed by atoms with Gasteiger partial charge in [0, 0.05) is 56.6 Å². The van der Waals surface area contributed by atoms with Crippen molar-refractivity contribution in [2.45, 2.75) is 44.7 Å². The molecule has 7 rings (SSSR count). The average Bonchev–Trinajstić information content (AvgIpc) is 3.80. The molecule has 13 heteroatoms. The molecule has 0 aliphatic carbocycles. The van der Waals surface area contributed by atoms with Crippen LogP contribution in [-0.2, 0) is 16.0 Å². The Morgan fingerprint density at radius 2 is 1.56 bits per heavy atom. The molecule has 1 N–H and O–H groups in total. The van der Waals surface area contributed by atoms with Crippen LogP contribution in [0.15, 0.2) is 72.0 Å². The lowest BCUT2D eigenvalue weighted by molar-refractivity contribution is -0.227. The molecule has 3 fully saturated rings. The van der Waals surface area contributed by atoms with Crippen molar-refractivity contribution in [3.8, 4) is 11.4 Å². The first-order valence-electron chi connectivity index (χ1n) is 15.9. The summed E-state index contributed by atoms with van der Waals surface area (Å²) < 4.78 is 21.9. The maximum atomic E-state index is 12.8. The van der Waals surface area contributed by atoms with E-state index in [-0.39, 0.29) is 23.8 Å². The monoisotopic (exact) mass is 615 g/mol. The van der Waals surface area contributed by atoms with Crippen LogP contribution in [-0.4, -0.2) is 93.7 Å². The highest BCUT2D eigenvalue weighted by Gasteiger charge is 2.51. The van der Waals surface area contributed by atoms with Crippen LogP contribution in [0.25, 0.3) is 5.69 Å². The average molecular weight is 616 g/mol. The van der Waals surface area contributed by atoms with E-state index in [1.165, 1.54) is 5.69 Å². The zero-order valence-corrected chi connectivity index (χ0v) is 25.9. The molecule has 0 saturated carbocycles. The molecule has 1 unspecified atom stereocenters. The van der Waals surface area contributed by atoms with Crippen LogP contribution in [0.3, 0.4) is 0 Å². The number of benzene rings is 2. The van der Waals surface area contributed by atoms with Crippen LogP contribution in [0, 0.1) is 5.92 Å². The Morgan fingerprint density at radius 1 is 0.933 bits per heavy atom. The number of anilines is 2. The molecule has 3 aliphatic heterocycles. The summed E-state index contributed by atoms with van der Waals surface area (Å²) in [6.45, 7) is 10.8. The van der Waals surface area contributed by atoms with Crippen molar-refractivity contribution in [2.75, 3.05) is 62.3 Å². The Bertz CT molecular complexity index is 1590. The molecule has 3 saturated heterocycles. The van der Waals surface area contributed by atoms with Crippen LogP contribution in [0.1, 0.15) is 26.3 Å². The van der Waals surface area contributed by atoms with E-state index in [1.54, 1.807) is 32.8 Å². The second-order valence-electron chi connectivity index (χ2n) is 12.1. The fourth-order valence-corrected chi connectivity index (χ4v) is 6.17. The molecular weight excluding hydrogens is 574 g/mol. The normalized spacial score (nSPS) is 22.8. The molecular formula is C32H41N9O4. The van der Waals surface area contributed by atoms with Gasteiger partial charge in [0.1, 0.15) is 31.3 Å². The lowest BCUT2D eigenvalue weighted by Crippen LogP contribution is -2.58. The summed E-state index contributed by atoms with van der Waals surface area (Å²) in [6.07, 6.45) is 5.64. The van der Waals surface area contributed by atoms with E-state index >= 15 is 0 Å². The zero-order chi connectivity index (χ0) is 30.8. The van der Waals surface area contributed by atoms with Gasteiger partial charge in [-0.2, -0.15) is 20.1 Å². The molecule has 0 radical (unpaired) electrons. The van der Waals surface area contributed by atoms with Gasteiger partial charge in [0.15, 0.2) is 5.79 Å². The molecule has 0 amide bonds. The number of ether oxygens (including phenoxy) is 3. The fourth-order valence-electron chi connectivity index (χ4n) is 6.17. The SMILES string of the molecule is CCC(C)n1ncn(-c2ccc(N3CCN(c4ccc(OC[C@@H]5CO[C@@](Cn6nccn6)(C6CNC6)O5)cc4)CC3)cc2)c1=O. The largest absolute Gasteiger partial charge is 0.491 e. The third-order valence-electron chi connectivity index (χ3n) is 9.22. The van der Waals surface area contributed by atoms with E-state index in [0.717, 1.165) is 62.8 Å². The van der Waals surface area contributed by atoms with E-state index < -0.39 is 5.79 Å². The highest BCUT2D eigenvalue weighted by atomic mass is 16.8. The van der Waals surface area contributed by atoms with Crippen LogP contribution < -0.4 is 25.5 Å². The van der Waals surface area contributed by atoms with Crippen molar-refractivity contribution in [3.63, 3.8) is 0 Å². The summed E-state index contributed by atoms with van der Waals surface area (Å²) in [7, 11) is 0. The standard InChI is InChI=1S/C32H41N9O4/c1-3-24(2)41-31(42)39(23-36-41)28-6-4-26(5-7-28)37-14-16-38(17-15-37)27-8-10-29(11-9-27)43-20-30-21-44-32(45-30,25-18-33-19-25)22-40-34-12-13-35-40/h4-13,23-25,30,33H,3,14-22H2,1-2H3/t24?,30-,32-/m1/s1. The fraction of sp³-hybridized carbons (Fsp3) is 0.500. The molecule has 2 aromatic carbocycles. The van der Waals surface area contributed by atoms with Crippen molar-refractivity contribution in [1.29, 1.82) is 0 Å². The lowest BCUT2D eigenvalue weighted by atomic mass is 9.92. The van der Waals surface area contributed by atoms with Gasteiger partial charge in [0.05, 0.1) is 30.7 Å². The summed E-state index contributed by atoms with van der Waals surface area (Å²) in [5.74, 6) is 0.332. The van der Waals surface area contributed by atoms with Gasteiger partial charge in [-0.15, -0.1) is 0 Å². The molecule has 0 bridgehead atoms. The van der Waals surface area contributed by atoms with E-state index in [1.807, 2.05) is 31.2 Å². The van der Waals surface area contributed by atoms with Crippen molar-refractivity contribution in [1.82, 2.24) is 34.7 Å². The number of nitrogens with one attached hydrogen (secondary N) is 1.